The Morgan fingerprint density at radius 1 is 1.00 bits per heavy atom. The minimum atomic E-state index is 0. The maximum Gasteiger partial charge on any atom is 0.243 e. The Morgan fingerprint density at radius 3 is 2.21 bits per heavy atom. The Labute approximate surface area is 215 Å². The molecule has 6 nitrogen and oxygen atoms in total. The highest BCUT2D eigenvalue weighted by molar-refractivity contribution is 14.0. The number of likely N-dealkylation sites (tertiary alicyclic amines) is 1. The average molecular weight is 564 g/mol. The van der Waals surface area contributed by atoms with E-state index in [1.165, 1.54) is 11.1 Å². The maximum absolute atomic E-state index is 12.0. The highest BCUT2D eigenvalue weighted by Gasteiger charge is 2.20. The third kappa shape index (κ3) is 10.1. The van der Waals surface area contributed by atoms with Crippen molar-refractivity contribution in [3.63, 3.8) is 0 Å². The van der Waals surface area contributed by atoms with Crippen LogP contribution >= 0.6 is 24.0 Å². The highest BCUT2D eigenvalue weighted by Crippen LogP contribution is 2.14. The molecule has 1 amide bonds. The lowest BCUT2D eigenvalue weighted by atomic mass is 10.0. The number of piperidine rings is 1. The second kappa shape index (κ2) is 14.9. The molecule has 1 aliphatic rings. The molecule has 2 aromatic rings. The van der Waals surface area contributed by atoms with E-state index in [-0.39, 0.29) is 36.4 Å². The first-order valence-electron chi connectivity index (χ1n) is 11.7. The summed E-state index contributed by atoms with van der Waals surface area (Å²) >= 11 is 0. The summed E-state index contributed by atoms with van der Waals surface area (Å²) in [7, 11) is 3.53. The molecule has 0 unspecified atom stereocenters. The number of carbonyl (C=O) groups excluding carboxylic acids is 1. The summed E-state index contributed by atoms with van der Waals surface area (Å²) in [6.07, 6.45) is 4.18. The van der Waals surface area contributed by atoms with E-state index >= 15 is 0 Å². The number of guanidine groups is 1. The van der Waals surface area contributed by atoms with Crippen molar-refractivity contribution >= 4 is 35.8 Å². The van der Waals surface area contributed by atoms with Crippen LogP contribution in [0.4, 0.5) is 0 Å². The van der Waals surface area contributed by atoms with Crippen LogP contribution in [-0.2, 0) is 17.8 Å². The number of hydrogen-bond acceptors (Lipinski definition) is 3. The van der Waals surface area contributed by atoms with Crippen LogP contribution in [0.15, 0.2) is 65.7 Å². The summed E-state index contributed by atoms with van der Waals surface area (Å²) in [5.41, 5.74) is 2.71. The van der Waals surface area contributed by atoms with Crippen LogP contribution in [0.2, 0.25) is 0 Å². The molecule has 180 valence electrons. The fraction of sp³-hybridized carbons (Fsp3) is 0.462. The van der Waals surface area contributed by atoms with Crippen molar-refractivity contribution in [2.45, 2.75) is 38.3 Å². The van der Waals surface area contributed by atoms with Crippen LogP contribution < -0.4 is 10.6 Å². The van der Waals surface area contributed by atoms with Gasteiger partial charge in [-0.15, -0.1) is 24.0 Å². The normalized spacial score (nSPS) is 14.9. The minimum Gasteiger partial charge on any atom is -0.356 e. The van der Waals surface area contributed by atoms with E-state index in [9.17, 15) is 4.79 Å². The SMILES string of the molecule is CN(C)C(=O)CN=C(NCCCc1ccccc1)NC1CCN(Cc2ccccc2)CC1.I. The first-order chi connectivity index (χ1) is 15.6. The van der Waals surface area contributed by atoms with Crippen molar-refractivity contribution in [2.75, 3.05) is 40.3 Å². The first kappa shape index (κ1) is 27.1. The van der Waals surface area contributed by atoms with Crippen LogP contribution in [0.25, 0.3) is 0 Å². The van der Waals surface area contributed by atoms with Gasteiger partial charge in [0.1, 0.15) is 6.54 Å². The summed E-state index contributed by atoms with van der Waals surface area (Å²) in [5.74, 6) is 0.753. The predicted molar refractivity (Wildman–Crippen MR) is 147 cm³/mol. The van der Waals surface area contributed by atoms with Gasteiger partial charge >= 0.3 is 0 Å². The highest BCUT2D eigenvalue weighted by atomic mass is 127. The number of hydrogen-bond donors (Lipinski definition) is 2. The predicted octanol–water partition coefficient (Wildman–Crippen LogP) is 3.53. The maximum atomic E-state index is 12.0. The van der Waals surface area contributed by atoms with Gasteiger partial charge in [-0.05, 0) is 36.8 Å². The summed E-state index contributed by atoms with van der Waals surface area (Å²) in [4.78, 5) is 20.7. The van der Waals surface area contributed by atoms with Crippen LogP contribution in [-0.4, -0.2) is 68.0 Å². The topological polar surface area (TPSA) is 60.0 Å². The van der Waals surface area contributed by atoms with E-state index in [0.29, 0.717) is 6.04 Å². The summed E-state index contributed by atoms with van der Waals surface area (Å²) < 4.78 is 0. The monoisotopic (exact) mass is 563 g/mol. The number of halogens is 1. The van der Waals surface area contributed by atoms with Gasteiger partial charge in [0.25, 0.3) is 0 Å². The van der Waals surface area contributed by atoms with Gasteiger partial charge in [-0.25, -0.2) is 4.99 Å². The van der Waals surface area contributed by atoms with E-state index in [4.69, 9.17) is 0 Å². The summed E-state index contributed by atoms with van der Waals surface area (Å²) in [6, 6.07) is 21.5. The first-order valence-corrected chi connectivity index (χ1v) is 11.7. The molecule has 0 aromatic heterocycles. The van der Waals surface area contributed by atoms with E-state index in [0.717, 1.165) is 57.8 Å². The van der Waals surface area contributed by atoms with Crippen LogP contribution in [0.3, 0.4) is 0 Å². The second-order valence-electron chi connectivity index (χ2n) is 8.65. The number of benzene rings is 2. The van der Waals surface area contributed by atoms with Gasteiger partial charge in [0.2, 0.25) is 5.91 Å². The fourth-order valence-corrected chi connectivity index (χ4v) is 3.86. The molecule has 1 aliphatic heterocycles. The third-order valence-corrected chi connectivity index (χ3v) is 5.83. The molecule has 0 bridgehead atoms. The molecule has 1 fully saturated rings. The number of likely N-dealkylation sites (N-methyl/N-ethyl adjacent to an activating group) is 1. The Hall–Kier alpha value is -2.13. The van der Waals surface area contributed by atoms with Crippen molar-refractivity contribution < 1.29 is 4.79 Å². The number of carbonyl (C=O) groups is 1. The van der Waals surface area contributed by atoms with Gasteiger partial charge < -0.3 is 15.5 Å². The molecule has 0 saturated carbocycles. The Balaban J connectivity index is 0.00000385. The molecule has 0 spiro atoms. The number of amides is 1. The molecular formula is C26H38IN5O. The van der Waals surface area contributed by atoms with E-state index in [1.54, 1.807) is 19.0 Å². The number of aliphatic imine (C=N–C) groups is 1. The Bertz CT molecular complexity index is 836. The van der Waals surface area contributed by atoms with Gasteiger partial charge in [0.15, 0.2) is 5.96 Å². The van der Waals surface area contributed by atoms with Crippen LogP contribution in [0.5, 0.6) is 0 Å². The van der Waals surface area contributed by atoms with Crippen molar-refractivity contribution in [1.29, 1.82) is 0 Å². The molecule has 1 heterocycles. The molecule has 1 saturated heterocycles. The van der Waals surface area contributed by atoms with Gasteiger partial charge in [-0.2, -0.15) is 0 Å². The number of nitrogens with zero attached hydrogens (tertiary/aromatic N) is 3. The number of nitrogens with one attached hydrogen (secondary N) is 2. The third-order valence-electron chi connectivity index (χ3n) is 5.83. The quantitative estimate of drug-likeness (QED) is 0.212. The largest absolute Gasteiger partial charge is 0.356 e. The molecule has 33 heavy (non-hydrogen) atoms. The van der Waals surface area contributed by atoms with Crippen molar-refractivity contribution in [1.82, 2.24) is 20.4 Å². The lowest BCUT2D eigenvalue weighted by Crippen LogP contribution is -2.49. The Kier molecular flexibility index (Phi) is 12.2. The van der Waals surface area contributed by atoms with Gasteiger partial charge in [-0.3, -0.25) is 9.69 Å². The van der Waals surface area contributed by atoms with Crippen molar-refractivity contribution in [3.8, 4) is 0 Å². The minimum absolute atomic E-state index is 0. The van der Waals surface area contributed by atoms with Crippen LogP contribution in [0, 0.1) is 0 Å². The molecule has 2 aromatic carbocycles. The molecule has 7 heteroatoms. The van der Waals surface area contributed by atoms with Crippen molar-refractivity contribution in [3.05, 3.63) is 71.8 Å². The molecule has 0 aliphatic carbocycles. The second-order valence-corrected chi connectivity index (χ2v) is 8.65. The van der Waals surface area contributed by atoms with Gasteiger partial charge in [0.05, 0.1) is 0 Å². The van der Waals surface area contributed by atoms with E-state index in [2.05, 4.69) is 75.1 Å². The lowest BCUT2D eigenvalue weighted by Gasteiger charge is -2.33. The summed E-state index contributed by atoms with van der Waals surface area (Å²) in [6.45, 7) is 4.11. The van der Waals surface area contributed by atoms with E-state index < -0.39 is 0 Å². The summed E-state index contributed by atoms with van der Waals surface area (Å²) in [5, 5.41) is 7.01. The van der Waals surface area contributed by atoms with Crippen molar-refractivity contribution in [2.24, 2.45) is 4.99 Å². The fourth-order valence-electron chi connectivity index (χ4n) is 3.86. The zero-order valence-electron chi connectivity index (χ0n) is 19.9. The Morgan fingerprint density at radius 2 is 1.61 bits per heavy atom. The molecule has 0 radical (unpaired) electrons. The molecule has 2 N–H and O–H groups in total. The number of rotatable bonds is 9. The van der Waals surface area contributed by atoms with Gasteiger partial charge in [-0.1, -0.05) is 60.7 Å². The average Bonchev–Trinajstić information content (AvgIpc) is 2.82. The van der Waals surface area contributed by atoms with Crippen LogP contribution in [0.1, 0.15) is 30.4 Å². The lowest BCUT2D eigenvalue weighted by molar-refractivity contribution is -0.127. The molecule has 0 atom stereocenters. The molecular weight excluding hydrogens is 525 g/mol. The molecule has 3 rings (SSSR count). The smallest absolute Gasteiger partial charge is 0.243 e. The zero-order valence-corrected chi connectivity index (χ0v) is 22.2. The van der Waals surface area contributed by atoms with Gasteiger partial charge in [0, 0.05) is 46.3 Å². The van der Waals surface area contributed by atoms with E-state index in [1.807, 2.05) is 6.07 Å². The number of aryl methyl sites for hydroxylation is 1. The standard InChI is InChI=1S/C26H37N5O.HI/c1-30(2)25(32)20-28-26(27-17-9-14-22-10-5-3-6-11-22)29-24-15-18-31(19-16-24)21-23-12-7-4-8-13-23;/h3-8,10-13,24H,9,14-21H2,1-2H3,(H2,27,28,29);1H. The zero-order chi connectivity index (χ0) is 22.6.